The average Bonchev–Trinajstić information content (AvgIpc) is 2.55. The van der Waals surface area contributed by atoms with Crippen LogP contribution < -0.4 is 0 Å². The van der Waals surface area contributed by atoms with E-state index < -0.39 is 0 Å². The van der Waals surface area contributed by atoms with Crippen molar-refractivity contribution < 1.29 is 0 Å². The lowest BCUT2D eigenvalue weighted by Crippen LogP contribution is -1.77. The van der Waals surface area contributed by atoms with Crippen LogP contribution in [-0.2, 0) is 0 Å². The molecule has 0 saturated carbocycles. The molecule has 112 valence electrons. The fourth-order valence-corrected chi connectivity index (χ4v) is 0.781. The van der Waals surface area contributed by atoms with Crippen LogP contribution in [0, 0.1) is 0 Å². The van der Waals surface area contributed by atoms with Crippen LogP contribution in [0.1, 0.15) is 48.5 Å². The lowest BCUT2D eigenvalue weighted by atomic mass is 10.1. The summed E-state index contributed by atoms with van der Waals surface area (Å²) in [6.07, 6.45) is 9.27. The molecule has 0 nitrogen and oxygen atoms in total. The van der Waals surface area contributed by atoms with Gasteiger partial charge in [-0.25, -0.2) is 0 Å². The molecule has 0 heteroatoms. The Morgan fingerprint density at radius 2 is 0.895 bits per heavy atom. The topological polar surface area (TPSA) is 0 Å². The van der Waals surface area contributed by atoms with E-state index >= 15 is 0 Å². The predicted octanol–water partition coefficient (Wildman–Crippen LogP) is 7.30. The van der Waals surface area contributed by atoms with Crippen LogP contribution in [0.5, 0.6) is 0 Å². The fraction of sp³-hybridized carbons (Fsp3) is 0.368. The van der Waals surface area contributed by atoms with Crippen molar-refractivity contribution in [3.05, 3.63) is 74.4 Å². The van der Waals surface area contributed by atoms with Gasteiger partial charge in [0.1, 0.15) is 0 Å². The van der Waals surface area contributed by atoms with Crippen molar-refractivity contribution in [2.75, 3.05) is 0 Å². The van der Waals surface area contributed by atoms with Gasteiger partial charge in [-0.3, -0.25) is 0 Å². The molecule has 0 radical (unpaired) electrons. The summed E-state index contributed by atoms with van der Waals surface area (Å²) in [5.74, 6) is 0. The Kier molecular flexibility index (Phi) is 70.5. The Morgan fingerprint density at radius 3 is 1.05 bits per heavy atom. The lowest BCUT2D eigenvalue weighted by Gasteiger charge is -1.97. The zero-order chi connectivity index (χ0) is 16.7. The van der Waals surface area contributed by atoms with Crippen LogP contribution in [0.15, 0.2) is 74.4 Å². The molecule has 0 bridgehead atoms. The van der Waals surface area contributed by atoms with Gasteiger partial charge in [0.05, 0.1) is 0 Å². The minimum Gasteiger partial charge on any atom is -0.106 e. The average molecular weight is 264 g/mol. The third-order valence-corrected chi connectivity index (χ3v) is 1.34. The minimum absolute atomic E-state index is 1.01. The van der Waals surface area contributed by atoms with Gasteiger partial charge in [-0.2, -0.15) is 0 Å². The number of allylic oxidation sites excluding steroid dienone is 7. The van der Waals surface area contributed by atoms with Gasteiger partial charge in [0.25, 0.3) is 0 Å². The maximum atomic E-state index is 3.69. The van der Waals surface area contributed by atoms with E-state index in [2.05, 4.69) is 32.9 Å². The summed E-state index contributed by atoms with van der Waals surface area (Å²) < 4.78 is 0. The molecular weight excluding hydrogens is 228 g/mol. The molecule has 0 aromatic carbocycles. The molecule has 0 atom stereocenters. The lowest BCUT2D eigenvalue weighted by molar-refractivity contribution is 1.50. The number of rotatable bonds is 4. The van der Waals surface area contributed by atoms with E-state index in [1.165, 1.54) is 0 Å². The Labute approximate surface area is 123 Å². The standard InChI is InChI=1S/C11H14.3C2H6.C2H4/c1-5-9-11(8-4)10(6-2)7-3;4*1-2/h5-9H,2-4H2,1H3;3*1-2H3;1-2H2/b9-5-;;;;. The quantitative estimate of drug-likeness (QED) is 0.369. The van der Waals surface area contributed by atoms with Gasteiger partial charge in [0.2, 0.25) is 0 Å². The van der Waals surface area contributed by atoms with Crippen molar-refractivity contribution in [1.82, 2.24) is 0 Å². The largest absolute Gasteiger partial charge is 0.106 e. The Morgan fingerprint density at radius 1 is 0.632 bits per heavy atom. The first-order chi connectivity index (χ1) is 9.29. The molecule has 0 saturated heterocycles. The zero-order valence-corrected chi connectivity index (χ0v) is 14.4. The van der Waals surface area contributed by atoms with Gasteiger partial charge in [-0.15, -0.1) is 13.2 Å². The highest BCUT2D eigenvalue weighted by Crippen LogP contribution is 2.09. The SMILES string of the molecule is C=C.C=CC(C=C)=C(C=C)/C=C\C.CC.CC.CC. The minimum atomic E-state index is 1.01. The maximum Gasteiger partial charge on any atom is -0.0194 e. The van der Waals surface area contributed by atoms with E-state index in [1.807, 2.05) is 60.6 Å². The summed E-state index contributed by atoms with van der Waals surface area (Å²) in [7, 11) is 0. The van der Waals surface area contributed by atoms with Crippen LogP contribution in [0.3, 0.4) is 0 Å². The Hall–Kier alpha value is -1.56. The highest BCUT2D eigenvalue weighted by atomic mass is 13.9. The normalized spacial score (nSPS) is 6.47. The molecular formula is C19H36. The van der Waals surface area contributed by atoms with E-state index in [0.29, 0.717) is 0 Å². The summed E-state index contributed by atoms with van der Waals surface area (Å²) in [5.41, 5.74) is 2.07. The van der Waals surface area contributed by atoms with Crippen LogP contribution >= 0.6 is 0 Å². The van der Waals surface area contributed by atoms with Gasteiger partial charge in [0, 0.05) is 0 Å². The Bertz CT molecular complexity index is 216. The first kappa shape index (κ1) is 30.5. The molecule has 0 aliphatic heterocycles. The van der Waals surface area contributed by atoms with E-state index in [1.54, 1.807) is 18.2 Å². The monoisotopic (exact) mass is 264 g/mol. The van der Waals surface area contributed by atoms with Crippen LogP contribution in [0.4, 0.5) is 0 Å². The number of hydrogen-bond acceptors (Lipinski definition) is 0. The van der Waals surface area contributed by atoms with Crippen molar-refractivity contribution >= 4 is 0 Å². The van der Waals surface area contributed by atoms with Crippen molar-refractivity contribution in [1.29, 1.82) is 0 Å². The third-order valence-electron chi connectivity index (χ3n) is 1.34. The first-order valence-electron chi connectivity index (χ1n) is 7.04. The molecule has 0 aromatic heterocycles. The molecule has 0 fully saturated rings. The molecule has 0 heterocycles. The molecule has 0 aliphatic rings. The van der Waals surface area contributed by atoms with Gasteiger partial charge in [-0.05, 0) is 18.1 Å². The molecule has 19 heavy (non-hydrogen) atoms. The van der Waals surface area contributed by atoms with Crippen LogP contribution in [-0.4, -0.2) is 0 Å². The van der Waals surface area contributed by atoms with E-state index in [0.717, 1.165) is 11.1 Å². The second-order valence-electron chi connectivity index (χ2n) is 2.02. The molecule has 0 aromatic rings. The molecule has 0 rings (SSSR count). The highest BCUT2D eigenvalue weighted by molar-refractivity contribution is 5.44. The molecule has 0 spiro atoms. The van der Waals surface area contributed by atoms with Gasteiger partial charge in [-0.1, -0.05) is 91.7 Å². The predicted molar refractivity (Wildman–Crippen MR) is 97.7 cm³/mol. The van der Waals surface area contributed by atoms with Crippen molar-refractivity contribution in [2.45, 2.75) is 48.5 Å². The number of hydrogen-bond donors (Lipinski definition) is 0. The zero-order valence-electron chi connectivity index (χ0n) is 14.4. The molecule has 0 N–H and O–H groups in total. The summed E-state index contributed by atoms with van der Waals surface area (Å²) in [5, 5.41) is 0. The van der Waals surface area contributed by atoms with Gasteiger partial charge in [0.15, 0.2) is 0 Å². The smallest absolute Gasteiger partial charge is 0.0194 e. The van der Waals surface area contributed by atoms with Gasteiger partial charge >= 0.3 is 0 Å². The second kappa shape index (κ2) is 44.0. The molecule has 0 unspecified atom stereocenters. The van der Waals surface area contributed by atoms with Crippen molar-refractivity contribution in [3.8, 4) is 0 Å². The molecule has 0 amide bonds. The summed E-state index contributed by atoms with van der Waals surface area (Å²) in [6.45, 7) is 31.0. The second-order valence-corrected chi connectivity index (χ2v) is 2.02. The van der Waals surface area contributed by atoms with Gasteiger partial charge < -0.3 is 0 Å². The van der Waals surface area contributed by atoms with Crippen LogP contribution in [0.2, 0.25) is 0 Å². The summed E-state index contributed by atoms with van der Waals surface area (Å²) in [4.78, 5) is 0. The first-order valence-corrected chi connectivity index (χ1v) is 7.04. The third kappa shape index (κ3) is 26.2. The summed E-state index contributed by atoms with van der Waals surface area (Å²) in [6, 6.07) is 0. The van der Waals surface area contributed by atoms with Crippen molar-refractivity contribution in [2.24, 2.45) is 0 Å². The highest BCUT2D eigenvalue weighted by Gasteiger charge is 1.89. The molecule has 0 aliphatic carbocycles. The Balaban J connectivity index is -0.0000000693. The maximum absolute atomic E-state index is 3.69. The van der Waals surface area contributed by atoms with Crippen LogP contribution in [0.25, 0.3) is 0 Å². The van der Waals surface area contributed by atoms with Crippen molar-refractivity contribution in [3.63, 3.8) is 0 Å². The van der Waals surface area contributed by atoms with E-state index in [4.69, 9.17) is 0 Å². The van der Waals surface area contributed by atoms with E-state index in [9.17, 15) is 0 Å². The fourth-order valence-electron chi connectivity index (χ4n) is 0.781. The van der Waals surface area contributed by atoms with E-state index in [-0.39, 0.29) is 0 Å². The summed E-state index contributed by atoms with van der Waals surface area (Å²) >= 11 is 0.